The van der Waals surface area contributed by atoms with Gasteiger partial charge in [-0.1, -0.05) is 20.8 Å². The summed E-state index contributed by atoms with van der Waals surface area (Å²) in [7, 11) is 0. The van der Waals surface area contributed by atoms with E-state index in [1.165, 1.54) is 0 Å². The Hall–Kier alpha value is -1.26. The number of ether oxygens (including phenoxy) is 2. The highest BCUT2D eigenvalue weighted by molar-refractivity contribution is 5.73. The van der Waals surface area contributed by atoms with Gasteiger partial charge in [-0.25, -0.2) is 4.79 Å². The zero-order valence-electron chi connectivity index (χ0n) is 12.2. The third kappa shape index (κ3) is 5.49. The summed E-state index contributed by atoms with van der Waals surface area (Å²) in [5.74, 6) is 0.150. The second-order valence-electron chi connectivity index (χ2n) is 5.40. The molecule has 1 rings (SSSR count). The van der Waals surface area contributed by atoms with E-state index in [4.69, 9.17) is 9.47 Å². The van der Waals surface area contributed by atoms with Crippen LogP contribution in [0, 0.1) is 11.8 Å². The van der Waals surface area contributed by atoms with E-state index in [9.17, 15) is 9.59 Å². The predicted molar refractivity (Wildman–Crippen MR) is 71.7 cm³/mol. The van der Waals surface area contributed by atoms with Crippen LogP contribution in [-0.2, 0) is 14.3 Å². The standard InChI is InChI=1S/C14H25NO4/c1-4-9-18-14(17)15-7-5-12(6-8-15)13(16)19-10-11(2)3/h11-12H,4-10H2,1-3H3. The van der Waals surface area contributed by atoms with Crippen LogP contribution in [0.2, 0.25) is 0 Å². The highest BCUT2D eigenvalue weighted by atomic mass is 16.6. The molecule has 1 amide bonds. The Kier molecular flexibility index (Phi) is 6.67. The van der Waals surface area contributed by atoms with Gasteiger partial charge in [0.1, 0.15) is 0 Å². The third-order valence-corrected chi connectivity index (χ3v) is 3.08. The van der Waals surface area contributed by atoms with Gasteiger partial charge < -0.3 is 14.4 Å². The molecule has 0 aliphatic carbocycles. The Labute approximate surface area is 115 Å². The van der Waals surface area contributed by atoms with Crippen molar-refractivity contribution < 1.29 is 19.1 Å². The van der Waals surface area contributed by atoms with Gasteiger partial charge in [0.25, 0.3) is 0 Å². The molecule has 0 N–H and O–H groups in total. The minimum Gasteiger partial charge on any atom is -0.465 e. The molecule has 0 aromatic rings. The highest BCUT2D eigenvalue weighted by Crippen LogP contribution is 2.19. The molecule has 19 heavy (non-hydrogen) atoms. The number of carbonyl (C=O) groups excluding carboxylic acids is 2. The van der Waals surface area contributed by atoms with Gasteiger partial charge in [0.15, 0.2) is 0 Å². The third-order valence-electron chi connectivity index (χ3n) is 3.08. The summed E-state index contributed by atoms with van der Waals surface area (Å²) in [4.78, 5) is 25.1. The van der Waals surface area contributed by atoms with Crippen molar-refractivity contribution in [1.82, 2.24) is 4.90 Å². The Morgan fingerprint density at radius 1 is 1.21 bits per heavy atom. The summed E-state index contributed by atoms with van der Waals surface area (Å²) >= 11 is 0. The average Bonchev–Trinajstić information content (AvgIpc) is 2.42. The van der Waals surface area contributed by atoms with Gasteiger partial charge in [-0.3, -0.25) is 4.79 Å². The van der Waals surface area contributed by atoms with Crippen LogP contribution in [0.1, 0.15) is 40.0 Å². The maximum atomic E-state index is 11.8. The molecular formula is C14H25NO4. The van der Waals surface area contributed by atoms with E-state index < -0.39 is 0 Å². The molecule has 1 heterocycles. The van der Waals surface area contributed by atoms with Crippen molar-refractivity contribution in [2.75, 3.05) is 26.3 Å². The summed E-state index contributed by atoms with van der Waals surface area (Å²) < 4.78 is 10.3. The maximum Gasteiger partial charge on any atom is 0.409 e. The van der Waals surface area contributed by atoms with Crippen molar-refractivity contribution in [3.63, 3.8) is 0 Å². The lowest BCUT2D eigenvalue weighted by Crippen LogP contribution is -2.41. The predicted octanol–water partition coefficient (Wildman–Crippen LogP) is 2.44. The summed E-state index contributed by atoms with van der Waals surface area (Å²) in [6.07, 6.45) is 1.89. The van der Waals surface area contributed by atoms with Gasteiger partial charge in [-0.15, -0.1) is 0 Å². The summed E-state index contributed by atoms with van der Waals surface area (Å²) in [6, 6.07) is 0. The van der Waals surface area contributed by atoms with Crippen LogP contribution in [0.25, 0.3) is 0 Å². The molecule has 1 saturated heterocycles. The lowest BCUT2D eigenvalue weighted by Gasteiger charge is -2.30. The van der Waals surface area contributed by atoms with E-state index in [0.29, 0.717) is 45.1 Å². The largest absolute Gasteiger partial charge is 0.465 e. The smallest absolute Gasteiger partial charge is 0.409 e. The lowest BCUT2D eigenvalue weighted by molar-refractivity contribution is -0.151. The Balaban J connectivity index is 2.28. The molecule has 1 aliphatic heterocycles. The van der Waals surface area contributed by atoms with Gasteiger partial charge in [0.2, 0.25) is 0 Å². The van der Waals surface area contributed by atoms with Gasteiger partial charge in [0, 0.05) is 13.1 Å². The Bertz CT molecular complexity index is 296. The van der Waals surface area contributed by atoms with Crippen molar-refractivity contribution >= 4 is 12.1 Å². The Morgan fingerprint density at radius 3 is 2.37 bits per heavy atom. The van der Waals surface area contributed by atoms with Crippen LogP contribution in [0.4, 0.5) is 4.79 Å². The normalized spacial score (nSPS) is 16.5. The Morgan fingerprint density at radius 2 is 1.84 bits per heavy atom. The summed E-state index contributed by atoms with van der Waals surface area (Å²) in [5, 5.41) is 0. The fraction of sp³-hybridized carbons (Fsp3) is 0.857. The first kappa shape index (κ1) is 15.8. The quantitative estimate of drug-likeness (QED) is 0.721. The zero-order valence-corrected chi connectivity index (χ0v) is 12.2. The van der Waals surface area contributed by atoms with Crippen molar-refractivity contribution in [2.24, 2.45) is 11.8 Å². The topological polar surface area (TPSA) is 55.8 Å². The van der Waals surface area contributed by atoms with Crippen molar-refractivity contribution in [1.29, 1.82) is 0 Å². The molecule has 110 valence electrons. The molecule has 0 saturated carbocycles. The number of piperidine rings is 1. The molecule has 5 heteroatoms. The molecule has 5 nitrogen and oxygen atoms in total. The van der Waals surface area contributed by atoms with Crippen LogP contribution in [0.15, 0.2) is 0 Å². The van der Waals surface area contributed by atoms with Crippen LogP contribution >= 0.6 is 0 Å². The van der Waals surface area contributed by atoms with Crippen LogP contribution < -0.4 is 0 Å². The first-order chi connectivity index (χ1) is 9.04. The number of hydrogen-bond donors (Lipinski definition) is 0. The molecule has 1 aliphatic rings. The van der Waals surface area contributed by atoms with Crippen molar-refractivity contribution in [2.45, 2.75) is 40.0 Å². The van der Waals surface area contributed by atoms with Crippen LogP contribution in [0.3, 0.4) is 0 Å². The second kappa shape index (κ2) is 8.02. The summed E-state index contributed by atoms with van der Waals surface area (Å²) in [5.41, 5.74) is 0. The minimum absolute atomic E-state index is 0.0750. The van der Waals surface area contributed by atoms with Gasteiger partial charge in [-0.05, 0) is 25.2 Å². The summed E-state index contributed by atoms with van der Waals surface area (Å²) in [6.45, 7) is 8.06. The van der Waals surface area contributed by atoms with Crippen molar-refractivity contribution in [3.8, 4) is 0 Å². The molecule has 0 atom stereocenters. The number of hydrogen-bond acceptors (Lipinski definition) is 4. The lowest BCUT2D eigenvalue weighted by atomic mass is 9.97. The van der Waals surface area contributed by atoms with Gasteiger partial charge >= 0.3 is 12.1 Å². The zero-order chi connectivity index (χ0) is 14.3. The molecule has 1 fully saturated rings. The second-order valence-corrected chi connectivity index (χ2v) is 5.40. The monoisotopic (exact) mass is 271 g/mol. The number of likely N-dealkylation sites (tertiary alicyclic amines) is 1. The van der Waals surface area contributed by atoms with E-state index in [1.807, 2.05) is 20.8 Å². The molecular weight excluding hydrogens is 246 g/mol. The van der Waals surface area contributed by atoms with E-state index in [1.54, 1.807) is 4.90 Å². The van der Waals surface area contributed by atoms with Crippen molar-refractivity contribution in [3.05, 3.63) is 0 Å². The molecule has 0 unspecified atom stereocenters. The van der Waals surface area contributed by atoms with E-state index >= 15 is 0 Å². The molecule has 0 aromatic carbocycles. The number of amides is 1. The van der Waals surface area contributed by atoms with Crippen LogP contribution in [-0.4, -0.2) is 43.3 Å². The fourth-order valence-corrected chi connectivity index (χ4v) is 1.95. The van der Waals surface area contributed by atoms with E-state index in [0.717, 1.165) is 6.42 Å². The number of nitrogens with zero attached hydrogens (tertiary/aromatic N) is 1. The highest BCUT2D eigenvalue weighted by Gasteiger charge is 2.28. The first-order valence-corrected chi connectivity index (χ1v) is 7.13. The first-order valence-electron chi connectivity index (χ1n) is 7.13. The number of rotatable bonds is 5. The minimum atomic E-state index is -0.268. The molecule has 0 bridgehead atoms. The number of carbonyl (C=O) groups is 2. The molecule has 0 aromatic heterocycles. The average molecular weight is 271 g/mol. The molecule has 0 radical (unpaired) electrons. The van der Waals surface area contributed by atoms with E-state index in [-0.39, 0.29) is 18.0 Å². The van der Waals surface area contributed by atoms with E-state index in [2.05, 4.69) is 0 Å². The van der Waals surface area contributed by atoms with Crippen LogP contribution in [0.5, 0.6) is 0 Å². The fourth-order valence-electron chi connectivity index (χ4n) is 1.95. The SMILES string of the molecule is CCCOC(=O)N1CCC(C(=O)OCC(C)C)CC1. The van der Waals surface area contributed by atoms with Gasteiger partial charge in [0.05, 0.1) is 19.1 Å². The maximum absolute atomic E-state index is 11.8. The van der Waals surface area contributed by atoms with Gasteiger partial charge in [-0.2, -0.15) is 0 Å². The molecule has 0 spiro atoms. The number of esters is 1.